The molecule has 294 valence electrons. The standard InChI is InChI=1S/C57H35N5S/c1-4-16-36(17-5-1)40-32-41(37-18-6-2-7-19-37)34-42(33-40)61-49-25-13-10-22-43(49)47-30-31-48-44-23-11-14-26-50(44)62(54(48)53(47)61)57-59-55(38-20-8-3-9-21-38)58-56(60-57)39-28-29-46-45-24-12-15-27-51(45)63-52(46)35-39/h1-35H. The molecule has 0 bridgehead atoms. The Morgan fingerprint density at radius 1 is 0.302 bits per heavy atom. The second kappa shape index (κ2) is 14.2. The SMILES string of the molecule is c1ccc(-c2cc(-c3ccccc3)cc(-n3c4ccccc4c4ccc5c6ccccc6n(-c6nc(-c7ccccc7)nc(-c7ccc8c(c7)sc7ccccc78)n6)c5c43)c2)cc1. The van der Waals surface area contributed by atoms with E-state index in [4.69, 9.17) is 15.0 Å². The lowest BCUT2D eigenvalue weighted by molar-refractivity contribution is 0.953. The highest BCUT2D eigenvalue weighted by Gasteiger charge is 2.24. The molecule has 0 fully saturated rings. The van der Waals surface area contributed by atoms with Crippen LogP contribution in [0.5, 0.6) is 0 Å². The van der Waals surface area contributed by atoms with E-state index in [1.54, 1.807) is 11.3 Å². The highest BCUT2D eigenvalue weighted by Crippen LogP contribution is 2.43. The van der Waals surface area contributed by atoms with Crippen molar-refractivity contribution in [1.82, 2.24) is 24.1 Å². The lowest BCUT2D eigenvalue weighted by Gasteiger charge is -2.16. The van der Waals surface area contributed by atoms with Gasteiger partial charge in [0, 0.05) is 58.5 Å². The van der Waals surface area contributed by atoms with Crippen molar-refractivity contribution in [3.63, 3.8) is 0 Å². The maximum absolute atomic E-state index is 5.44. The van der Waals surface area contributed by atoms with E-state index in [2.05, 4.69) is 203 Å². The van der Waals surface area contributed by atoms with Gasteiger partial charge in [0.1, 0.15) is 0 Å². The number of hydrogen-bond acceptors (Lipinski definition) is 4. The van der Waals surface area contributed by atoms with Gasteiger partial charge in [-0.05, 0) is 64.7 Å². The number of thiophene rings is 1. The Bertz CT molecular complexity index is 3850. The second-order valence-electron chi connectivity index (χ2n) is 16.0. The first-order valence-corrected chi connectivity index (χ1v) is 22.0. The van der Waals surface area contributed by atoms with Gasteiger partial charge in [-0.15, -0.1) is 11.3 Å². The Kier molecular flexibility index (Phi) is 8.01. The van der Waals surface area contributed by atoms with Crippen LogP contribution in [0.2, 0.25) is 0 Å². The average molecular weight is 822 g/mol. The van der Waals surface area contributed by atoms with Crippen molar-refractivity contribution in [3.05, 3.63) is 212 Å². The predicted molar refractivity (Wildman–Crippen MR) is 263 cm³/mol. The molecule has 63 heavy (non-hydrogen) atoms. The molecule has 0 N–H and O–H groups in total. The van der Waals surface area contributed by atoms with Gasteiger partial charge in [0.05, 0.1) is 22.1 Å². The number of rotatable bonds is 6. The normalized spacial score (nSPS) is 11.8. The molecule has 13 rings (SSSR count). The summed E-state index contributed by atoms with van der Waals surface area (Å²) in [7, 11) is 0. The van der Waals surface area contributed by atoms with E-state index in [1.807, 2.05) is 18.2 Å². The Labute approximate surface area is 366 Å². The number of fused-ring (bicyclic) bond motifs is 10. The molecule has 13 aromatic rings. The molecule has 0 aliphatic heterocycles. The van der Waals surface area contributed by atoms with Gasteiger partial charge in [0.15, 0.2) is 11.6 Å². The zero-order valence-corrected chi connectivity index (χ0v) is 34.7. The Hall–Kier alpha value is -8.19. The van der Waals surface area contributed by atoms with Crippen LogP contribution >= 0.6 is 11.3 Å². The number of hydrogen-bond donors (Lipinski definition) is 0. The highest BCUT2D eigenvalue weighted by molar-refractivity contribution is 7.25. The molecular formula is C57H35N5S. The Morgan fingerprint density at radius 2 is 0.778 bits per heavy atom. The van der Waals surface area contributed by atoms with Crippen LogP contribution in [0, 0.1) is 0 Å². The highest BCUT2D eigenvalue weighted by atomic mass is 32.1. The fourth-order valence-corrected chi connectivity index (χ4v) is 10.6. The van der Waals surface area contributed by atoms with Crippen molar-refractivity contribution >= 4 is 75.1 Å². The monoisotopic (exact) mass is 821 g/mol. The van der Waals surface area contributed by atoms with Crippen LogP contribution in [-0.2, 0) is 0 Å². The first kappa shape index (κ1) is 35.6. The summed E-state index contributed by atoms with van der Waals surface area (Å²) >= 11 is 1.80. The van der Waals surface area contributed by atoms with Crippen LogP contribution in [0.4, 0.5) is 0 Å². The van der Waals surface area contributed by atoms with Gasteiger partial charge in [-0.1, -0.05) is 170 Å². The average Bonchev–Trinajstić information content (AvgIpc) is 4.02. The van der Waals surface area contributed by atoms with Gasteiger partial charge in [-0.25, -0.2) is 4.98 Å². The van der Waals surface area contributed by atoms with Gasteiger partial charge < -0.3 is 4.57 Å². The number of benzene rings is 9. The van der Waals surface area contributed by atoms with E-state index < -0.39 is 0 Å². The predicted octanol–water partition coefficient (Wildman–Crippen LogP) is 15.1. The quantitative estimate of drug-likeness (QED) is 0.168. The molecule has 0 aliphatic rings. The summed E-state index contributed by atoms with van der Waals surface area (Å²) in [5, 5.41) is 7.09. The summed E-state index contributed by atoms with van der Waals surface area (Å²) in [4.78, 5) is 16.0. The number of para-hydroxylation sites is 2. The molecule has 0 saturated heterocycles. The summed E-state index contributed by atoms with van der Waals surface area (Å²) in [6, 6.07) is 75.8. The van der Waals surface area contributed by atoms with Crippen molar-refractivity contribution in [2.75, 3.05) is 0 Å². The minimum Gasteiger partial charge on any atom is -0.307 e. The van der Waals surface area contributed by atoms with Gasteiger partial charge in [-0.2, -0.15) is 9.97 Å². The van der Waals surface area contributed by atoms with E-state index in [1.165, 1.54) is 25.6 Å². The van der Waals surface area contributed by atoms with Gasteiger partial charge in [0.25, 0.3) is 0 Å². The molecule has 0 radical (unpaired) electrons. The lowest BCUT2D eigenvalue weighted by atomic mass is 9.98. The van der Waals surface area contributed by atoms with Crippen molar-refractivity contribution in [2.24, 2.45) is 0 Å². The maximum atomic E-state index is 5.44. The molecule has 6 heteroatoms. The van der Waals surface area contributed by atoms with Gasteiger partial charge in [0.2, 0.25) is 5.95 Å². The minimum absolute atomic E-state index is 0.564. The molecule has 4 heterocycles. The molecule has 0 spiro atoms. The van der Waals surface area contributed by atoms with Crippen molar-refractivity contribution in [3.8, 4) is 56.7 Å². The molecule has 5 nitrogen and oxygen atoms in total. The zero-order valence-electron chi connectivity index (χ0n) is 33.9. The van der Waals surface area contributed by atoms with Crippen molar-refractivity contribution in [1.29, 1.82) is 0 Å². The van der Waals surface area contributed by atoms with Crippen LogP contribution in [-0.4, -0.2) is 24.1 Å². The third kappa shape index (κ3) is 5.73. The maximum Gasteiger partial charge on any atom is 0.238 e. The summed E-state index contributed by atoms with van der Waals surface area (Å²) in [6.45, 7) is 0. The van der Waals surface area contributed by atoms with Crippen LogP contribution in [0.3, 0.4) is 0 Å². The summed E-state index contributed by atoms with van der Waals surface area (Å²) < 4.78 is 7.20. The molecule has 4 aromatic heterocycles. The fourth-order valence-electron chi connectivity index (χ4n) is 9.49. The number of nitrogens with zero attached hydrogens (tertiary/aromatic N) is 5. The Balaban J connectivity index is 1.14. The lowest BCUT2D eigenvalue weighted by Crippen LogP contribution is -2.07. The molecule has 9 aromatic carbocycles. The largest absolute Gasteiger partial charge is 0.307 e. The third-order valence-electron chi connectivity index (χ3n) is 12.4. The van der Waals surface area contributed by atoms with E-state index in [-0.39, 0.29) is 0 Å². The van der Waals surface area contributed by atoms with Gasteiger partial charge >= 0.3 is 0 Å². The number of aromatic nitrogens is 5. The van der Waals surface area contributed by atoms with Crippen molar-refractivity contribution in [2.45, 2.75) is 0 Å². The second-order valence-corrected chi connectivity index (χ2v) is 17.1. The topological polar surface area (TPSA) is 48.5 Å². The summed E-state index contributed by atoms with van der Waals surface area (Å²) in [6.07, 6.45) is 0. The molecular weight excluding hydrogens is 787 g/mol. The first-order chi connectivity index (χ1) is 31.2. The summed E-state index contributed by atoms with van der Waals surface area (Å²) in [5.74, 6) is 1.81. The van der Waals surface area contributed by atoms with Gasteiger partial charge in [-0.3, -0.25) is 4.57 Å². The Morgan fingerprint density at radius 3 is 1.41 bits per heavy atom. The van der Waals surface area contributed by atoms with E-state index in [9.17, 15) is 0 Å². The van der Waals surface area contributed by atoms with E-state index >= 15 is 0 Å². The minimum atomic E-state index is 0.564. The van der Waals surface area contributed by atoms with Crippen LogP contribution in [0.1, 0.15) is 0 Å². The molecule has 0 amide bonds. The van der Waals surface area contributed by atoms with Crippen LogP contribution < -0.4 is 0 Å². The van der Waals surface area contributed by atoms with Crippen LogP contribution in [0.25, 0.3) is 120 Å². The fraction of sp³-hybridized carbons (Fsp3) is 0. The van der Waals surface area contributed by atoms with Crippen LogP contribution in [0.15, 0.2) is 212 Å². The van der Waals surface area contributed by atoms with E-state index in [0.29, 0.717) is 17.6 Å². The van der Waals surface area contributed by atoms with E-state index in [0.717, 1.165) is 77.3 Å². The molecule has 0 aliphatic carbocycles. The molecule has 0 unspecified atom stereocenters. The molecule has 0 atom stereocenters. The third-order valence-corrected chi connectivity index (χ3v) is 13.5. The zero-order chi connectivity index (χ0) is 41.4. The summed E-state index contributed by atoms with van der Waals surface area (Å²) in [5.41, 5.74) is 11.8. The first-order valence-electron chi connectivity index (χ1n) is 21.2. The molecule has 0 saturated carbocycles. The smallest absolute Gasteiger partial charge is 0.238 e. The van der Waals surface area contributed by atoms with Crippen molar-refractivity contribution < 1.29 is 0 Å².